The van der Waals surface area contributed by atoms with Crippen LogP contribution < -0.4 is 0 Å². The van der Waals surface area contributed by atoms with Gasteiger partial charge in [0.1, 0.15) is 11.7 Å². The average molecular weight is 280 g/mol. The zero-order valence-electron chi connectivity index (χ0n) is 11.7. The van der Waals surface area contributed by atoms with Gasteiger partial charge in [-0.2, -0.15) is 0 Å². The molecule has 0 spiro atoms. The minimum Gasteiger partial charge on any atom is -0.458 e. The largest absolute Gasteiger partial charge is 0.458 e. The quantitative estimate of drug-likeness (QED) is 0.337. The molecule has 1 aliphatic heterocycles. The predicted molar refractivity (Wildman–Crippen MR) is 70.6 cm³/mol. The van der Waals surface area contributed by atoms with Crippen molar-refractivity contribution >= 4 is 5.97 Å². The summed E-state index contributed by atoms with van der Waals surface area (Å²) < 4.78 is 5.36. The van der Waals surface area contributed by atoms with Gasteiger partial charge >= 0.3 is 5.97 Å². The Labute approximate surface area is 117 Å². The lowest BCUT2D eigenvalue weighted by atomic mass is 9.70. The van der Waals surface area contributed by atoms with Crippen molar-refractivity contribution in [3.8, 4) is 0 Å². The van der Waals surface area contributed by atoms with Gasteiger partial charge in [0.25, 0.3) is 0 Å². The van der Waals surface area contributed by atoms with E-state index in [1.54, 1.807) is 13.8 Å². The lowest BCUT2D eigenvalue weighted by molar-refractivity contribution is -0.189. The van der Waals surface area contributed by atoms with Gasteiger partial charge in [0, 0.05) is 11.5 Å². The van der Waals surface area contributed by atoms with Gasteiger partial charge in [-0.15, -0.1) is 0 Å². The fourth-order valence-corrected chi connectivity index (χ4v) is 3.95. The first kappa shape index (κ1) is 13.8. The molecule has 2 aliphatic carbocycles. The number of carbonyl (C=O) groups is 1. The maximum atomic E-state index is 11.8. The van der Waals surface area contributed by atoms with Crippen LogP contribution in [0.2, 0.25) is 0 Å². The molecule has 2 fully saturated rings. The standard InChI is InChI=1S/C15H20O5/c1-8-9-4-5-14(3,18)15(19)7-6-13(2,17)11(15)10(9)20-12(8)16/h6-7,9-11,17-19H,1,4-5H2,2-3H3/t9-,10-,11?,13-,14-,15-/m1/s1. The number of hydrogen-bond donors (Lipinski definition) is 3. The lowest BCUT2D eigenvalue weighted by Gasteiger charge is -2.44. The second kappa shape index (κ2) is 3.72. The Hall–Kier alpha value is -1.17. The maximum absolute atomic E-state index is 11.8. The average Bonchev–Trinajstić information content (AvgIpc) is 2.70. The van der Waals surface area contributed by atoms with E-state index < -0.39 is 34.8 Å². The van der Waals surface area contributed by atoms with Gasteiger partial charge in [-0.25, -0.2) is 4.79 Å². The van der Waals surface area contributed by atoms with Gasteiger partial charge in [0.15, 0.2) is 0 Å². The Morgan fingerprint density at radius 1 is 1.30 bits per heavy atom. The van der Waals surface area contributed by atoms with Crippen LogP contribution in [0.1, 0.15) is 26.7 Å². The van der Waals surface area contributed by atoms with Gasteiger partial charge in [0.2, 0.25) is 0 Å². The number of rotatable bonds is 0. The third-order valence-corrected chi connectivity index (χ3v) is 5.26. The van der Waals surface area contributed by atoms with E-state index in [9.17, 15) is 20.1 Å². The van der Waals surface area contributed by atoms with Crippen molar-refractivity contribution in [1.82, 2.24) is 0 Å². The van der Waals surface area contributed by atoms with E-state index in [2.05, 4.69) is 6.58 Å². The summed E-state index contributed by atoms with van der Waals surface area (Å²) in [6.07, 6.45) is 3.04. The SMILES string of the molecule is C=C1C(=O)O[C@H]2C3[C@](O)(C=C[C@@]3(C)O)[C@](C)(O)CC[C@H]12. The van der Waals surface area contributed by atoms with Gasteiger partial charge < -0.3 is 20.1 Å². The number of carbonyl (C=O) groups excluding carboxylic acids is 1. The van der Waals surface area contributed by atoms with Gasteiger partial charge in [-0.05, 0) is 26.7 Å². The summed E-state index contributed by atoms with van der Waals surface area (Å²) in [4.78, 5) is 11.8. The molecule has 3 rings (SSSR count). The normalized spacial score (nSPS) is 54.4. The molecule has 20 heavy (non-hydrogen) atoms. The van der Waals surface area contributed by atoms with E-state index in [0.717, 1.165) is 0 Å². The van der Waals surface area contributed by atoms with Crippen molar-refractivity contribution < 1.29 is 24.9 Å². The first-order valence-electron chi connectivity index (χ1n) is 6.87. The lowest BCUT2D eigenvalue weighted by Crippen LogP contribution is -2.60. The third-order valence-electron chi connectivity index (χ3n) is 5.26. The predicted octanol–water partition coefficient (Wildman–Crippen LogP) is 0.297. The molecule has 5 nitrogen and oxygen atoms in total. The minimum absolute atomic E-state index is 0.278. The monoisotopic (exact) mass is 280 g/mol. The highest BCUT2D eigenvalue weighted by atomic mass is 16.6. The van der Waals surface area contributed by atoms with E-state index in [-0.39, 0.29) is 5.92 Å². The molecule has 1 saturated heterocycles. The molecule has 0 aromatic carbocycles. The number of fused-ring (bicyclic) bond motifs is 3. The molecular weight excluding hydrogens is 260 g/mol. The fourth-order valence-electron chi connectivity index (χ4n) is 3.95. The van der Waals surface area contributed by atoms with Crippen LogP contribution in [0.25, 0.3) is 0 Å². The van der Waals surface area contributed by atoms with Gasteiger partial charge in [-0.3, -0.25) is 0 Å². The van der Waals surface area contributed by atoms with Crippen molar-refractivity contribution in [3.05, 3.63) is 24.3 Å². The summed E-state index contributed by atoms with van der Waals surface area (Å²) >= 11 is 0. The highest BCUT2D eigenvalue weighted by Crippen LogP contribution is 2.54. The highest BCUT2D eigenvalue weighted by molar-refractivity contribution is 5.91. The Morgan fingerprint density at radius 2 is 1.95 bits per heavy atom. The topological polar surface area (TPSA) is 87.0 Å². The summed E-state index contributed by atoms with van der Waals surface area (Å²) in [6.45, 7) is 6.86. The minimum atomic E-state index is -1.62. The molecule has 0 radical (unpaired) electrons. The van der Waals surface area contributed by atoms with Crippen molar-refractivity contribution in [1.29, 1.82) is 0 Å². The van der Waals surface area contributed by atoms with Crippen LogP contribution in [0, 0.1) is 11.8 Å². The summed E-state index contributed by atoms with van der Waals surface area (Å²) in [5.41, 5.74) is -4.01. The summed E-state index contributed by atoms with van der Waals surface area (Å²) in [5.74, 6) is -1.56. The molecule has 1 unspecified atom stereocenters. The molecule has 5 heteroatoms. The molecule has 110 valence electrons. The van der Waals surface area contributed by atoms with E-state index in [1.807, 2.05) is 0 Å². The van der Waals surface area contributed by atoms with Crippen molar-refractivity contribution in [3.63, 3.8) is 0 Å². The number of ether oxygens (including phenoxy) is 1. The Bertz CT molecular complexity index is 518. The van der Waals surface area contributed by atoms with E-state index in [4.69, 9.17) is 4.74 Å². The molecule has 3 aliphatic rings. The Balaban J connectivity index is 2.13. The molecule has 0 bridgehead atoms. The molecule has 1 saturated carbocycles. The molecule has 3 N–H and O–H groups in total. The zero-order chi connectivity index (χ0) is 14.9. The number of hydrogen-bond acceptors (Lipinski definition) is 5. The maximum Gasteiger partial charge on any atom is 0.334 e. The van der Waals surface area contributed by atoms with E-state index in [0.29, 0.717) is 18.4 Å². The molecule has 0 aromatic heterocycles. The molecule has 6 atom stereocenters. The fraction of sp³-hybridized carbons (Fsp3) is 0.667. The van der Waals surface area contributed by atoms with E-state index >= 15 is 0 Å². The van der Waals surface area contributed by atoms with Crippen molar-refractivity contribution in [2.75, 3.05) is 0 Å². The first-order valence-corrected chi connectivity index (χ1v) is 6.87. The van der Waals surface area contributed by atoms with E-state index in [1.165, 1.54) is 12.2 Å². The van der Waals surface area contributed by atoms with Crippen LogP contribution in [0.15, 0.2) is 24.3 Å². The molecular formula is C15H20O5. The van der Waals surface area contributed by atoms with Gasteiger partial charge in [0.05, 0.1) is 17.1 Å². The summed E-state index contributed by atoms with van der Waals surface area (Å²) in [6, 6.07) is 0. The Morgan fingerprint density at radius 3 is 2.60 bits per heavy atom. The third kappa shape index (κ3) is 1.51. The summed E-state index contributed by atoms with van der Waals surface area (Å²) in [5, 5.41) is 32.1. The Kier molecular flexibility index (Phi) is 2.57. The van der Waals surface area contributed by atoms with Crippen molar-refractivity contribution in [2.45, 2.75) is 49.6 Å². The van der Waals surface area contributed by atoms with Crippen LogP contribution in [0.5, 0.6) is 0 Å². The second-order valence-electron chi connectivity index (χ2n) is 6.68. The van der Waals surface area contributed by atoms with Gasteiger partial charge in [-0.1, -0.05) is 18.7 Å². The first-order chi connectivity index (χ1) is 9.10. The molecule has 0 aromatic rings. The zero-order valence-corrected chi connectivity index (χ0v) is 11.7. The van der Waals surface area contributed by atoms with Crippen LogP contribution in [-0.4, -0.2) is 44.2 Å². The summed E-state index contributed by atoms with van der Waals surface area (Å²) in [7, 11) is 0. The second-order valence-corrected chi connectivity index (χ2v) is 6.68. The van der Waals surface area contributed by atoms with Crippen LogP contribution >= 0.6 is 0 Å². The number of aliphatic hydroxyl groups is 3. The van der Waals surface area contributed by atoms with Crippen LogP contribution in [0.4, 0.5) is 0 Å². The van der Waals surface area contributed by atoms with Crippen molar-refractivity contribution in [2.24, 2.45) is 11.8 Å². The highest BCUT2D eigenvalue weighted by Gasteiger charge is 2.66. The molecule has 0 amide bonds. The van der Waals surface area contributed by atoms with Crippen LogP contribution in [-0.2, 0) is 9.53 Å². The number of esters is 1. The van der Waals surface area contributed by atoms with Crippen LogP contribution in [0.3, 0.4) is 0 Å². The smallest absolute Gasteiger partial charge is 0.334 e. The molecule has 1 heterocycles.